The molecular weight excluding hydrogens is 334 g/mol. The topological polar surface area (TPSA) is 35.6 Å². The lowest BCUT2D eigenvalue weighted by molar-refractivity contribution is 0.116. The molecule has 1 aliphatic carbocycles. The number of amides is 2. The summed E-state index contributed by atoms with van der Waals surface area (Å²) in [5.74, 6) is 0. The summed E-state index contributed by atoms with van der Waals surface area (Å²) >= 11 is 5.88. The lowest BCUT2D eigenvalue weighted by Crippen LogP contribution is -2.53. The summed E-state index contributed by atoms with van der Waals surface area (Å²) in [6.45, 7) is 3.41. The van der Waals surface area contributed by atoms with Crippen molar-refractivity contribution >= 4 is 23.3 Å². The van der Waals surface area contributed by atoms with Gasteiger partial charge in [-0.05, 0) is 48.2 Å². The maximum atomic E-state index is 12.4. The fourth-order valence-electron chi connectivity index (χ4n) is 3.82. The predicted octanol–water partition coefficient (Wildman–Crippen LogP) is 3.66. The molecule has 0 bridgehead atoms. The summed E-state index contributed by atoms with van der Waals surface area (Å²) in [5, 5.41) is 3.62. The van der Waals surface area contributed by atoms with Crippen LogP contribution in [0.15, 0.2) is 48.5 Å². The van der Waals surface area contributed by atoms with E-state index in [-0.39, 0.29) is 6.03 Å². The molecule has 25 heavy (non-hydrogen) atoms. The molecular formula is C20H22ClN3O. The molecule has 4 nitrogen and oxygen atoms in total. The van der Waals surface area contributed by atoms with Crippen molar-refractivity contribution in [3.05, 3.63) is 64.7 Å². The van der Waals surface area contributed by atoms with Crippen LogP contribution in [0.3, 0.4) is 0 Å². The summed E-state index contributed by atoms with van der Waals surface area (Å²) in [6, 6.07) is 16.5. The summed E-state index contributed by atoms with van der Waals surface area (Å²) < 4.78 is 0. The largest absolute Gasteiger partial charge is 0.322 e. The number of carbonyl (C=O) groups is 1. The van der Waals surface area contributed by atoms with Gasteiger partial charge in [0.15, 0.2) is 0 Å². The first-order valence-electron chi connectivity index (χ1n) is 8.81. The Labute approximate surface area is 153 Å². The normalized spacial score (nSPS) is 18.2. The van der Waals surface area contributed by atoms with Crippen LogP contribution >= 0.6 is 11.6 Å². The van der Waals surface area contributed by atoms with Crippen LogP contribution in [-0.4, -0.2) is 48.1 Å². The second-order valence-electron chi connectivity index (χ2n) is 6.79. The minimum atomic E-state index is -0.0309. The SMILES string of the molecule is O=C(Nc1ccc(Cl)cc1)N1CCN(C2Cc3ccccc3C2)CC1. The van der Waals surface area contributed by atoms with Crippen molar-refractivity contribution in [3.8, 4) is 0 Å². The van der Waals surface area contributed by atoms with Gasteiger partial charge in [-0.3, -0.25) is 4.90 Å². The first kappa shape index (κ1) is 16.4. The van der Waals surface area contributed by atoms with Gasteiger partial charge < -0.3 is 10.2 Å². The molecule has 1 fully saturated rings. The predicted molar refractivity (Wildman–Crippen MR) is 101 cm³/mol. The third kappa shape index (κ3) is 3.65. The van der Waals surface area contributed by atoms with Crippen molar-refractivity contribution in [2.45, 2.75) is 18.9 Å². The summed E-state index contributed by atoms with van der Waals surface area (Å²) in [6.07, 6.45) is 2.26. The molecule has 0 saturated carbocycles. The standard InChI is InChI=1S/C20H22ClN3O/c21-17-5-7-18(8-6-17)22-20(25)24-11-9-23(10-12-24)19-13-15-3-1-2-4-16(15)14-19/h1-8,19H,9-14H2,(H,22,25). The zero-order valence-electron chi connectivity index (χ0n) is 14.1. The average Bonchev–Trinajstić information content (AvgIpc) is 3.08. The molecule has 2 aromatic rings. The van der Waals surface area contributed by atoms with Crippen molar-refractivity contribution in [3.63, 3.8) is 0 Å². The van der Waals surface area contributed by atoms with Gasteiger partial charge in [-0.25, -0.2) is 4.79 Å². The molecule has 0 unspecified atom stereocenters. The molecule has 0 radical (unpaired) electrons. The van der Waals surface area contributed by atoms with E-state index in [1.165, 1.54) is 11.1 Å². The van der Waals surface area contributed by atoms with E-state index in [4.69, 9.17) is 11.6 Å². The molecule has 4 rings (SSSR count). The Balaban J connectivity index is 1.30. The molecule has 0 atom stereocenters. The van der Waals surface area contributed by atoms with Gasteiger partial charge >= 0.3 is 6.03 Å². The van der Waals surface area contributed by atoms with Crippen molar-refractivity contribution in [1.29, 1.82) is 0 Å². The van der Waals surface area contributed by atoms with Crippen LogP contribution in [0.25, 0.3) is 0 Å². The van der Waals surface area contributed by atoms with Crippen molar-refractivity contribution < 1.29 is 4.79 Å². The number of benzene rings is 2. The average molecular weight is 356 g/mol. The van der Waals surface area contributed by atoms with E-state index in [1.54, 1.807) is 12.1 Å². The van der Waals surface area contributed by atoms with Gasteiger partial charge in [-0.15, -0.1) is 0 Å². The first-order chi connectivity index (χ1) is 12.2. The second-order valence-corrected chi connectivity index (χ2v) is 7.23. The fourth-order valence-corrected chi connectivity index (χ4v) is 3.95. The van der Waals surface area contributed by atoms with E-state index in [0.29, 0.717) is 11.1 Å². The highest BCUT2D eigenvalue weighted by atomic mass is 35.5. The van der Waals surface area contributed by atoms with Gasteiger partial charge in [0.1, 0.15) is 0 Å². The van der Waals surface area contributed by atoms with Crippen LogP contribution in [0.1, 0.15) is 11.1 Å². The Kier molecular flexibility index (Phi) is 4.64. The molecule has 5 heteroatoms. The summed E-state index contributed by atoms with van der Waals surface area (Å²) in [4.78, 5) is 16.9. The molecule has 1 heterocycles. The van der Waals surface area contributed by atoms with Crippen molar-refractivity contribution in [1.82, 2.24) is 9.80 Å². The minimum Gasteiger partial charge on any atom is -0.322 e. The van der Waals surface area contributed by atoms with E-state index in [1.807, 2.05) is 17.0 Å². The number of nitrogens with zero attached hydrogens (tertiary/aromatic N) is 2. The lowest BCUT2D eigenvalue weighted by Gasteiger charge is -2.38. The van der Waals surface area contributed by atoms with E-state index >= 15 is 0 Å². The Bertz CT molecular complexity index is 729. The van der Waals surface area contributed by atoms with Crippen LogP contribution in [0, 0.1) is 0 Å². The Morgan fingerprint density at radius 3 is 2.12 bits per heavy atom. The van der Waals surface area contributed by atoms with Gasteiger partial charge in [-0.1, -0.05) is 35.9 Å². The zero-order chi connectivity index (χ0) is 17.2. The number of urea groups is 1. The van der Waals surface area contributed by atoms with Crippen LogP contribution in [0.2, 0.25) is 5.02 Å². The fraction of sp³-hybridized carbons (Fsp3) is 0.350. The zero-order valence-corrected chi connectivity index (χ0v) is 14.9. The molecule has 2 aliphatic rings. The molecule has 2 aromatic carbocycles. The maximum absolute atomic E-state index is 12.4. The Morgan fingerprint density at radius 2 is 1.52 bits per heavy atom. The molecule has 1 aliphatic heterocycles. The van der Waals surface area contributed by atoms with Crippen LogP contribution in [0.4, 0.5) is 10.5 Å². The molecule has 1 N–H and O–H groups in total. The first-order valence-corrected chi connectivity index (χ1v) is 9.19. The number of carbonyl (C=O) groups excluding carboxylic acids is 1. The summed E-state index contributed by atoms with van der Waals surface area (Å²) in [5.41, 5.74) is 3.74. The van der Waals surface area contributed by atoms with Crippen LogP contribution in [0.5, 0.6) is 0 Å². The third-order valence-corrected chi connectivity index (χ3v) is 5.49. The van der Waals surface area contributed by atoms with E-state index in [0.717, 1.165) is 44.7 Å². The van der Waals surface area contributed by atoms with E-state index < -0.39 is 0 Å². The van der Waals surface area contributed by atoms with Gasteiger partial charge in [0, 0.05) is 42.9 Å². The molecule has 0 aromatic heterocycles. The minimum absolute atomic E-state index is 0.0309. The van der Waals surface area contributed by atoms with E-state index in [9.17, 15) is 4.79 Å². The monoisotopic (exact) mass is 355 g/mol. The third-order valence-electron chi connectivity index (χ3n) is 5.24. The van der Waals surface area contributed by atoms with Crippen LogP contribution < -0.4 is 5.32 Å². The van der Waals surface area contributed by atoms with Crippen LogP contribution in [-0.2, 0) is 12.8 Å². The number of nitrogens with one attached hydrogen (secondary N) is 1. The number of fused-ring (bicyclic) bond motifs is 1. The smallest absolute Gasteiger partial charge is 0.321 e. The second kappa shape index (κ2) is 7.06. The number of anilines is 1. The number of rotatable bonds is 2. The van der Waals surface area contributed by atoms with Gasteiger partial charge in [-0.2, -0.15) is 0 Å². The molecule has 2 amide bonds. The lowest BCUT2D eigenvalue weighted by atomic mass is 10.1. The highest BCUT2D eigenvalue weighted by Gasteiger charge is 2.30. The highest BCUT2D eigenvalue weighted by Crippen LogP contribution is 2.26. The van der Waals surface area contributed by atoms with Gasteiger partial charge in [0.25, 0.3) is 0 Å². The summed E-state index contributed by atoms with van der Waals surface area (Å²) in [7, 11) is 0. The Morgan fingerprint density at radius 1 is 0.920 bits per heavy atom. The number of piperazine rings is 1. The molecule has 130 valence electrons. The quantitative estimate of drug-likeness (QED) is 0.892. The van der Waals surface area contributed by atoms with Crippen molar-refractivity contribution in [2.75, 3.05) is 31.5 Å². The number of halogens is 1. The Hall–Kier alpha value is -2.04. The highest BCUT2D eigenvalue weighted by molar-refractivity contribution is 6.30. The van der Waals surface area contributed by atoms with E-state index in [2.05, 4.69) is 34.5 Å². The molecule has 1 saturated heterocycles. The maximum Gasteiger partial charge on any atom is 0.321 e. The van der Waals surface area contributed by atoms with Gasteiger partial charge in [0.05, 0.1) is 0 Å². The molecule has 0 spiro atoms. The van der Waals surface area contributed by atoms with Gasteiger partial charge in [0.2, 0.25) is 0 Å². The number of hydrogen-bond donors (Lipinski definition) is 1. The van der Waals surface area contributed by atoms with Crippen molar-refractivity contribution in [2.24, 2.45) is 0 Å². The number of hydrogen-bond acceptors (Lipinski definition) is 2.